The van der Waals surface area contributed by atoms with Crippen LogP contribution >= 0.6 is 23.4 Å². The molecule has 0 saturated carbocycles. The van der Waals surface area contributed by atoms with Crippen LogP contribution in [0.5, 0.6) is 0 Å². The number of methoxy groups -OCH3 is 1. The molecule has 2 rings (SSSR count). The number of nitrogens with one attached hydrogen (secondary N) is 2. The van der Waals surface area contributed by atoms with Crippen molar-refractivity contribution in [1.82, 2.24) is 4.90 Å². The van der Waals surface area contributed by atoms with Crippen LogP contribution in [0.4, 0.5) is 5.69 Å². The lowest BCUT2D eigenvalue weighted by atomic mass is 10.3. The third-order valence-electron chi connectivity index (χ3n) is 3.95. The van der Waals surface area contributed by atoms with Crippen LogP contribution in [0.1, 0.15) is 0 Å². The highest BCUT2D eigenvalue weighted by atomic mass is 35.5. The van der Waals surface area contributed by atoms with Gasteiger partial charge < -0.3 is 19.9 Å². The van der Waals surface area contributed by atoms with Gasteiger partial charge in [-0.05, 0) is 12.1 Å². The van der Waals surface area contributed by atoms with Gasteiger partial charge in [0.15, 0.2) is 13.1 Å². The minimum Gasteiger partial charge on any atom is -0.468 e. The minimum atomic E-state index is -0.346. The molecule has 1 fully saturated rings. The van der Waals surface area contributed by atoms with Crippen molar-refractivity contribution in [2.45, 2.75) is 5.25 Å². The first kappa shape index (κ1) is 20.5. The topological polar surface area (TPSA) is 80.2 Å². The average molecular weight is 401 g/mol. The van der Waals surface area contributed by atoms with Crippen LogP contribution in [-0.4, -0.2) is 74.0 Å². The molecule has 7 nitrogen and oxygen atoms in total. The summed E-state index contributed by atoms with van der Waals surface area (Å²) in [6.45, 7) is 1.25. The molecule has 1 heterocycles. The Morgan fingerprint density at radius 3 is 2.77 bits per heavy atom. The highest BCUT2D eigenvalue weighted by Gasteiger charge is 2.30. The van der Waals surface area contributed by atoms with Gasteiger partial charge in [-0.15, -0.1) is 11.8 Å². The van der Waals surface area contributed by atoms with E-state index in [9.17, 15) is 14.4 Å². The number of quaternary nitrogens is 1. The summed E-state index contributed by atoms with van der Waals surface area (Å²) >= 11 is 7.52. The molecule has 1 aromatic carbocycles. The molecule has 1 unspecified atom stereocenters. The molecule has 1 saturated heterocycles. The summed E-state index contributed by atoms with van der Waals surface area (Å²) < 4.78 is 4.75. The van der Waals surface area contributed by atoms with E-state index in [0.717, 1.165) is 4.90 Å². The quantitative estimate of drug-likeness (QED) is 0.652. The van der Waals surface area contributed by atoms with Gasteiger partial charge in [0.2, 0.25) is 0 Å². The number of carbonyl (C=O) groups is 3. The highest BCUT2D eigenvalue weighted by molar-refractivity contribution is 8.00. The van der Waals surface area contributed by atoms with E-state index in [-0.39, 0.29) is 36.1 Å². The lowest BCUT2D eigenvalue weighted by molar-refractivity contribution is -0.862. The maximum atomic E-state index is 12.4. The SMILES string of the molecule is COC(=O)[C@H]1CN(C(=O)C[NH+](C)CC(=O)Nc2ccccc2Cl)CCS1. The zero-order valence-corrected chi connectivity index (χ0v) is 16.4. The maximum Gasteiger partial charge on any atom is 0.320 e. The number of para-hydroxylation sites is 1. The van der Waals surface area contributed by atoms with Crippen molar-refractivity contribution in [2.75, 3.05) is 51.4 Å². The fraction of sp³-hybridized carbons (Fsp3) is 0.471. The summed E-state index contributed by atoms with van der Waals surface area (Å²) in [5, 5.41) is 2.86. The molecule has 2 atom stereocenters. The number of anilines is 1. The predicted octanol–water partition coefficient (Wildman–Crippen LogP) is -0.0898. The van der Waals surface area contributed by atoms with Gasteiger partial charge in [-0.25, -0.2) is 0 Å². The number of carbonyl (C=O) groups excluding carboxylic acids is 3. The molecule has 142 valence electrons. The first-order chi connectivity index (χ1) is 12.4. The molecule has 0 spiro atoms. The van der Waals surface area contributed by atoms with Crippen molar-refractivity contribution >= 4 is 46.8 Å². The monoisotopic (exact) mass is 400 g/mol. The summed E-state index contributed by atoms with van der Waals surface area (Å²) in [5.74, 6) is 0.0805. The fourth-order valence-corrected chi connectivity index (χ4v) is 3.92. The van der Waals surface area contributed by atoms with Gasteiger partial charge in [0, 0.05) is 18.8 Å². The van der Waals surface area contributed by atoms with Crippen molar-refractivity contribution in [3.8, 4) is 0 Å². The number of benzene rings is 1. The molecule has 2 amide bonds. The van der Waals surface area contributed by atoms with Gasteiger partial charge >= 0.3 is 5.97 Å². The molecule has 2 N–H and O–H groups in total. The number of ether oxygens (including phenoxy) is 1. The van der Waals surface area contributed by atoms with Crippen molar-refractivity contribution in [3.05, 3.63) is 29.3 Å². The van der Waals surface area contributed by atoms with E-state index < -0.39 is 0 Å². The number of hydrogen-bond donors (Lipinski definition) is 2. The van der Waals surface area contributed by atoms with Crippen molar-refractivity contribution in [3.63, 3.8) is 0 Å². The Balaban J connectivity index is 1.82. The lowest BCUT2D eigenvalue weighted by Gasteiger charge is -2.31. The van der Waals surface area contributed by atoms with Crippen LogP contribution in [0.25, 0.3) is 0 Å². The number of esters is 1. The number of hydrogen-bond acceptors (Lipinski definition) is 5. The third-order valence-corrected chi connectivity index (χ3v) is 5.44. The van der Waals surface area contributed by atoms with E-state index >= 15 is 0 Å². The molecular weight excluding hydrogens is 378 g/mol. The molecule has 26 heavy (non-hydrogen) atoms. The normalized spacial score (nSPS) is 18.1. The van der Waals surface area contributed by atoms with E-state index in [0.29, 0.717) is 29.6 Å². The fourth-order valence-electron chi connectivity index (χ4n) is 2.61. The average Bonchev–Trinajstić information content (AvgIpc) is 2.62. The van der Waals surface area contributed by atoms with Crippen LogP contribution in [0.15, 0.2) is 24.3 Å². The maximum absolute atomic E-state index is 12.4. The van der Waals surface area contributed by atoms with Crippen molar-refractivity contribution in [2.24, 2.45) is 0 Å². The largest absolute Gasteiger partial charge is 0.468 e. The molecule has 1 aliphatic rings. The van der Waals surface area contributed by atoms with E-state index in [1.54, 1.807) is 36.2 Å². The Kier molecular flexibility index (Phi) is 7.74. The van der Waals surface area contributed by atoms with Crippen LogP contribution in [0.3, 0.4) is 0 Å². The molecule has 0 radical (unpaired) electrons. The Hall–Kier alpha value is -1.77. The molecule has 1 aromatic rings. The Bertz CT molecular complexity index is 673. The standard InChI is InChI=1S/C17H22ClN3O4S/c1-20(10-15(22)19-13-6-4-3-5-12(13)18)11-16(23)21-7-8-26-14(9-21)17(24)25-2/h3-6,14H,7-11H2,1-2H3,(H,19,22)/p+1/t14-/m1/s1. The van der Waals surface area contributed by atoms with Gasteiger partial charge in [0.1, 0.15) is 5.25 Å². The van der Waals surface area contributed by atoms with E-state index in [2.05, 4.69) is 5.32 Å². The Morgan fingerprint density at radius 1 is 1.35 bits per heavy atom. The summed E-state index contributed by atoms with van der Waals surface area (Å²) in [6.07, 6.45) is 0. The van der Waals surface area contributed by atoms with Crippen LogP contribution in [0, 0.1) is 0 Å². The number of thioether (sulfide) groups is 1. The van der Waals surface area contributed by atoms with Gasteiger partial charge in [-0.2, -0.15) is 0 Å². The summed E-state index contributed by atoms with van der Waals surface area (Å²) in [5.41, 5.74) is 0.548. The molecule has 1 aliphatic heterocycles. The number of halogens is 1. The first-order valence-electron chi connectivity index (χ1n) is 8.23. The third kappa shape index (κ3) is 5.89. The summed E-state index contributed by atoms with van der Waals surface area (Å²) in [4.78, 5) is 38.7. The van der Waals surface area contributed by atoms with E-state index in [1.165, 1.54) is 18.9 Å². The van der Waals surface area contributed by atoms with Crippen molar-refractivity contribution in [1.29, 1.82) is 0 Å². The number of likely N-dealkylation sites (N-methyl/N-ethyl adjacent to an activating group) is 1. The van der Waals surface area contributed by atoms with Crippen LogP contribution in [-0.2, 0) is 19.1 Å². The minimum absolute atomic E-state index is 0.0813. The zero-order valence-electron chi connectivity index (χ0n) is 14.8. The summed E-state index contributed by atoms with van der Waals surface area (Å²) in [7, 11) is 3.12. The number of rotatable bonds is 6. The number of amides is 2. The highest BCUT2D eigenvalue weighted by Crippen LogP contribution is 2.20. The summed E-state index contributed by atoms with van der Waals surface area (Å²) in [6, 6.07) is 6.99. The second-order valence-electron chi connectivity index (χ2n) is 6.06. The van der Waals surface area contributed by atoms with Crippen LogP contribution in [0.2, 0.25) is 5.02 Å². The van der Waals surface area contributed by atoms with Gasteiger partial charge in [-0.3, -0.25) is 14.4 Å². The van der Waals surface area contributed by atoms with E-state index in [1.807, 2.05) is 0 Å². The number of nitrogens with zero attached hydrogens (tertiary/aromatic N) is 1. The molecule has 9 heteroatoms. The second kappa shape index (κ2) is 9.80. The molecule has 0 bridgehead atoms. The molecular formula is C17H23ClN3O4S+. The van der Waals surface area contributed by atoms with Crippen molar-refractivity contribution < 1.29 is 24.0 Å². The van der Waals surface area contributed by atoms with Gasteiger partial charge in [0.05, 0.1) is 24.9 Å². The zero-order chi connectivity index (χ0) is 19.1. The second-order valence-corrected chi connectivity index (χ2v) is 7.78. The molecule has 0 aromatic heterocycles. The van der Waals surface area contributed by atoms with Gasteiger partial charge in [0.25, 0.3) is 11.8 Å². The Labute approximate surface area is 162 Å². The lowest BCUT2D eigenvalue weighted by Crippen LogP contribution is -3.11. The van der Waals surface area contributed by atoms with Gasteiger partial charge in [-0.1, -0.05) is 23.7 Å². The van der Waals surface area contributed by atoms with E-state index in [4.69, 9.17) is 16.3 Å². The Morgan fingerprint density at radius 2 is 2.08 bits per heavy atom. The smallest absolute Gasteiger partial charge is 0.320 e. The molecule has 0 aliphatic carbocycles. The van der Waals surface area contributed by atoms with Crippen LogP contribution < -0.4 is 10.2 Å². The first-order valence-corrected chi connectivity index (χ1v) is 9.66. The predicted molar refractivity (Wildman–Crippen MR) is 102 cm³/mol.